The largest absolute Gasteiger partial charge is 0.348 e. The molecule has 1 saturated carbocycles. The molecule has 9 heteroatoms. The van der Waals surface area contributed by atoms with Crippen molar-refractivity contribution in [2.24, 2.45) is 11.7 Å². The minimum atomic E-state index is -0.248. The van der Waals surface area contributed by atoms with E-state index in [1.165, 1.54) is 0 Å². The van der Waals surface area contributed by atoms with Crippen molar-refractivity contribution in [3.8, 4) is 0 Å². The first-order valence-electron chi connectivity index (χ1n) is 8.99. The van der Waals surface area contributed by atoms with Gasteiger partial charge < -0.3 is 21.4 Å². The van der Waals surface area contributed by atoms with Crippen LogP contribution in [0.25, 0.3) is 11.0 Å². The Balaban J connectivity index is 0.00000150. The van der Waals surface area contributed by atoms with Crippen molar-refractivity contribution in [2.45, 2.75) is 18.9 Å². The minimum Gasteiger partial charge on any atom is -0.348 e. The van der Waals surface area contributed by atoms with Crippen molar-refractivity contribution in [1.29, 1.82) is 0 Å². The highest BCUT2D eigenvalue weighted by Crippen LogP contribution is 2.32. The zero-order valence-corrected chi connectivity index (χ0v) is 17.2. The number of nitrogens with zero attached hydrogens (tertiary/aromatic N) is 1. The fourth-order valence-electron chi connectivity index (χ4n) is 3.14. The van der Waals surface area contributed by atoms with E-state index >= 15 is 0 Å². The average Bonchev–Trinajstić information content (AvgIpc) is 3.42. The Morgan fingerprint density at radius 3 is 2.59 bits per heavy atom. The summed E-state index contributed by atoms with van der Waals surface area (Å²) >= 11 is 0. The second kappa shape index (κ2) is 9.73. The number of nitrogens with one attached hydrogen (secondary N) is 3. The van der Waals surface area contributed by atoms with Gasteiger partial charge in [0.15, 0.2) is 0 Å². The van der Waals surface area contributed by atoms with Gasteiger partial charge in [-0.2, -0.15) is 0 Å². The molecule has 1 unspecified atom stereocenters. The molecule has 0 radical (unpaired) electrons. The van der Waals surface area contributed by atoms with Crippen molar-refractivity contribution < 1.29 is 9.59 Å². The van der Waals surface area contributed by atoms with E-state index in [4.69, 9.17) is 5.73 Å². The second-order valence-corrected chi connectivity index (χ2v) is 6.82. The molecule has 154 valence electrons. The van der Waals surface area contributed by atoms with E-state index in [9.17, 15) is 9.59 Å². The quantitative estimate of drug-likeness (QED) is 0.476. The van der Waals surface area contributed by atoms with E-state index in [2.05, 4.69) is 20.6 Å². The monoisotopic (exact) mass is 435 g/mol. The van der Waals surface area contributed by atoms with Crippen molar-refractivity contribution in [2.75, 3.05) is 11.9 Å². The van der Waals surface area contributed by atoms with Crippen LogP contribution in [0, 0.1) is 5.92 Å². The number of rotatable bonds is 6. The summed E-state index contributed by atoms with van der Waals surface area (Å²) in [5, 5.41) is 5.82. The fourth-order valence-corrected chi connectivity index (χ4v) is 3.14. The topological polar surface area (TPSA) is 113 Å². The van der Waals surface area contributed by atoms with Crippen molar-refractivity contribution in [1.82, 2.24) is 15.3 Å². The molecular weight excluding hydrogens is 413 g/mol. The summed E-state index contributed by atoms with van der Waals surface area (Å²) < 4.78 is 0. The number of benzene rings is 2. The number of carbonyl (C=O) groups is 2. The zero-order valence-electron chi connectivity index (χ0n) is 15.6. The van der Waals surface area contributed by atoms with Gasteiger partial charge in [0.2, 0.25) is 0 Å². The summed E-state index contributed by atoms with van der Waals surface area (Å²) in [6.07, 6.45) is 3.81. The van der Waals surface area contributed by atoms with Gasteiger partial charge in [0, 0.05) is 29.4 Å². The van der Waals surface area contributed by atoms with Gasteiger partial charge in [-0.1, -0.05) is 6.07 Å². The summed E-state index contributed by atoms with van der Waals surface area (Å²) in [6, 6.07) is 12.2. The number of aromatic nitrogens is 2. The molecule has 0 bridgehead atoms. The van der Waals surface area contributed by atoms with Crippen molar-refractivity contribution in [3.05, 3.63) is 59.9 Å². The summed E-state index contributed by atoms with van der Waals surface area (Å²) in [5.41, 5.74) is 8.92. The first kappa shape index (κ1) is 22.7. The highest BCUT2D eigenvalue weighted by molar-refractivity contribution is 6.06. The number of fused-ring (bicyclic) bond motifs is 1. The molecule has 3 aromatic rings. The zero-order chi connectivity index (χ0) is 18.8. The van der Waals surface area contributed by atoms with Gasteiger partial charge in [0.1, 0.15) is 0 Å². The highest BCUT2D eigenvalue weighted by Gasteiger charge is 2.31. The molecule has 0 spiro atoms. The predicted molar refractivity (Wildman–Crippen MR) is 118 cm³/mol. The van der Waals surface area contributed by atoms with E-state index in [0.717, 1.165) is 23.9 Å². The molecular formula is C20H23Cl2N5O2. The predicted octanol–water partition coefficient (Wildman–Crippen LogP) is 3.13. The van der Waals surface area contributed by atoms with Crippen LogP contribution in [0.3, 0.4) is 0 Å². The number of hydrogen-bond donors (Lipinski definition) is 4. The molecule has 1 aliphatic rings. The summed E-state index contributed by atoms with van der Waals surface area (Å²) in [7, 11) is 0. The minimum absolute atomic E-state index is 0. The molecule has 0 aliphatic heterocycles. The molecule has 1 atom stereocenters. The number of imidazole rings is 1. The Morgan fingerprint density at radius 2 is 1.86 bits per heavy atom. The van der Waals surface area contributed by atoms with Gasteiger partial charge in [-0.25, -0.2) is 4.98 Å². The summed E-state index contributed by atoms with van der Waals surface area (Å²) in [6.45, 7) is 0.433. The maximum Gasteiger partial charge on any atom is 0.255 e. The lowest BCUT2D eigenvalue weighted by atomic mass is 10.1. The Bertz CT molecular complexity index is 1000. The number of H-pyrrole nitrogens is 1. The van der Waals surface area contributed by atoms with Crippen LogP contribution in [0.1, 0.15) is 33.6 Å². The maximum atomic E-state index is 12.5. The van der Waals surface area contributed by atoms with Gasteiger partial charge in [0.05, 0.1) is 17.4 Å². The van der Waals surface area contributed by atoms with E-state index in [-0.39, 0.29) is 42.7 Å². The van der Waals surface area contributed by atoms with Gasteiger partial charge in [-0.3, -0.25) is 9.59 Å². The van der Waals surface area contributed by atoms with Crippen LogP contribution in [0.5, 0.6) is 0 Å². The molecule has 4 rings (SSSR count). The lowest BCUT2D eigenvalue weighted by Gasteiger charge is -2.16. The molecule has 2 aromatic carbocycles. The molecule has 2 amide bonds. The van der Waals surface area contributed by atoms with Crippen molar-refractivity contribution >= 4 is 53.3 Å². The second-order valence-electron chi connectivity index (χ2n) is 6.82. The number of halogens is 2. The smallest absolute Gasteiger partial charge is 0.255 e. The lowest BCUT2D eigenvalue weighted by Crippen LogP contribution is -2.41. The fraction of sp³-hybridized carbons (Fsp3) is 0.250. The van der Waals surface area contributed by atoms with Gasteiger partial charge >= 0.3 is 0 Å². The van der Waals surface area contributed by atoms with Crippen LogP contribution in [0.15, 0.2) is 48.8 Å². The van der Waals surface area contributed by atoms with Gasteiger partial charge in [-0.05, 0) is 55.2 Å². The van der Waals surface area contributed by atoms with E-state index in [1.807, 2.05) is 0 Å². The first-order valence-corrected chi connectivity index (χ1v) is 8.99. The molecule has 1 heterocycles. The molecule has 29 heavy (non-hydrogen) atoms. The third-order valence-corrected chi connectivity index (χ3v) is 4.83. The lowest BCUT2D eigenvalue weighted by molar-refractivity contribution is 0.0932. The third-order valence-electron chi connectivity index (χ3n) is 4.83. The number of aromatic amines is 1. The number of amides is 2. The number of anilines is 1. The summed E-state index contributed by atoms with van der Waals surface area (Å²) in [4.78, 5) is 32.1. The summed E-state index contributed by atoms with van der Waals surface area (Å²) in [5.74, 6) is 0.0634. The number of nitrogens with two attached hydrogens (primary N) is 1. The van der Waals surface area contributed by atoms with Crippen LogP contribution in [-0.2, 0) is 0 Å². The Morgan fingerprint density at radius 1 is 1.10 bits per heavy atom. The molecule has 1 aliphatic carbocycles. The van der Waals surface area contributed by atoms with E-state index < -0.39 is 0 Å². The third kappa shape index (κ3) is 5.26. The standard InChI is InChI=1S/C20H21N5O2.2ClH/c21-10-18(12-4-5-12)25-20(27)13-2-1-3-15(8-13)24-19(26)14-6-7-16-17(9-14)23-11-22-16;;/h1-3,6-9,11-12,18H,4-5,10,21H2,(H,22,23)(H,24,26)(H,25,27);2*1H. The van der Waals surface area contributed by atoms with E-state index in [0.29, 0.717) is 29.3 Å². The van der Waals surface area contributed by atoms with Crippen LogP contribution in [0.4, 0.5) is 5.69 Å². The normalized spacial score (nSPS) is 13.7. The van der Waals surface area contributed by atoms with E-state index in [1.54, 1.807) is 48.8 Å². The highest BCUT2D eigenvalue weighted by atomic mass is 35.5. The molecule has 5 N–H and O–H groups in total. The Labute approximate surface area is 180 Å². The van der Waals surface area contributed by atoms with Crippen LogP contribution in [0.2, 0.25) is 0 Å². The molecule has 1 fully saturated rings. The van der Waals surface area contributed by atoms with Crippen LogP contribution in [-0.4, -0.2) is 34.4 Å². The molecule has 7 nitrogen and oxygen atoms in total. The van der Waals surface area contributed by atoms with Crippen LogP contribution < -0.4 is 16.4 Å². The Kier molecular flexibility index (Phi) is 7.61. The first-order chi connectivity index (χ1) is 13.1. The van der Waals surface area contributed by atoms with Crippen molar-refractivity contribution in [3.63, 3.8) is 0 Å². The average molecular weight is 436 g/mol. The molecule has 1 aromatic heterocycles. The number of hydrogen-bond acceptors (Lipinski definition) is 4. The Hall–Kier alpha value is -2.61. The van der Waals surface area contributed by atoms with Gasteiger partial charge in [0.25, 0.3) is 11.8 Å². The molecule has 0 saturated heterocycles. The van der Waals surface area contributed by atoms with Gasteiger partial charge in [-0.15, -0.1) is 24.8 Å². The number of carbonyl (C=O) groups excluding carboxylic acids is 2. The SMILES string of the molecule is Cl.Cl.NCC(NC(=O)c1cccc(NC(=O)c2ccc3nc[nH]c3c2)c1)C1CC1. The maximum absolute atomic E-state index is 12.5. The van der Waals surface area contributed by atoms with Crippen LogP contribution >= 0.6 is 24.8 Å².